The minimum atomic E-state index is -1.45. The Morgan fingerprint density at radius 2 is 2.00 bits per heavy atom. The van der Waals surface area contributed by atoms with Gasteiger partial charge in [-0.05, 0) is 66.0 Å². The third-order valence-corrected chi connectivity index (χ3v) is 7.86. The fourth-order valence-electron chi connectivity index (χ4n) is 5.60. The van der Waals surface area contributed by atoms with E-state index in [9.17, 15) is 19.8 Å². The molecule has 1 aromatic rings. The van der Waals surface area contributed by atoms with Crippen LogP contribution < -0.4 is 4.74 Å². The summed E-state index contributed by atoms with van der Waals surface area (Å²) in [5, 5.41) is 21.8. The summed E-state index contributed by atoms with van der Waals surface area (Å²) < 4.78 is 12.2. The first-order valence-corrected chi connectivity index (χ1v) is 11.7. The molecule has 2 heterocycles. The van der Waals surface area contributed by atoms with Gasteiger partial charge < -0.3 is 19.7 Å². The number of rotatable bonds is 5. The number of benzene rings is 1. The lowest BCUT2D eigenvalue weighted by Gasteiger charge is -2.44. The van der Waals surface area contributed by atoms with Gasteiger partial charge in [0.05, 0.1) is 28.6 Å². The molecule has 1 aromatic carbocycles. The second-order valence-electron chi connectivity index (χ2n) is 8.56. The fourth-order valence-corrected chi connectivity index (χ4v) is 6.22. The van der Waals surface area contributed by atoms with Crippen molar-refractivity contribution in [2.75, 3.05) is 13.7 Å². The van der Waals surface area contributed by atoms with Crippen molar-refractivity contribution in [3.05, 3.63) is 21.3 Å². The highest BCUT2D eigenvalue weighted by atomic mass is 127. The number of amides is 2. The van der Waals surface area contributed by atoms with Crippen LogP contribution in [0.1, 0.15) is 51.2 Å². The van der Waals surface area contributed by atoms with Gasteiger partial charge in [-0.1, -0.05) is 13.8 Å². The highest BCUT2D eigenvalue weighted by Gasteiger charge is 2.66. The Morgan fingerprint density at radius 3 is 2.63 bits per heavy atom. The SMILES string of the molecule is CCCN1C(=O)[C@H]2[C@H](C[C@H](CC)[C@@]3(O)O[C@H](c4cc(I)c(O)c(OC)c4)C[C@@H]23)C1=O. The number of hydrogen-bond donors (Lipinski definition) is 2. The molecule has 6 atom stereocenters. The normalized spacial score (nSPS) is 35.5. The highest BCUT2D eigenvalue weighted by Crippen LogP contribution is 2.59. The van der Waals surface area contributed by atoms with Crippen molar-refractivity contribution in [2.24, 2.45) is 23.7 Å². The Kier molecular flexibility index (Phi) is 5.78. The molecule has 7 nitrogen and oxygen atoms in total. The van der Waals surface area contributed by atoms with Gasteiger partial charge in [-0.2, -0.15) is 0 Å². The molecular formula is C22H28INO6. The topological polar surface area (TPSA) is 96.3 Å². The van der Waals surface area contributed by atoms with Crippen molar-refractivity contribution in [2.45, 2.75) is 51.4 Å². The smallest absolute Gasteiger partial charge is 0.233 e. The van der Waals surface area contributed by atoms with Crippen LogP contribution in [0, 0.1) is 27.2 Å². The molecule has 2 aliphatic heterocycles. The van der Waals surface area contributed by atoms with Gasteiger partial charge in [0.25, 0.3) is 0 Å². The molecule has 0 unspecified atom stereocenters. The molecule has 0 radical (unpaired) electrons. The van der Waals surface area contributed by atoms with E-state index in [4.69, 9.17) is 9.47 Å². The van der Waals surface area contributed by atoms with E-state index in [1.807, 2.05) is 42.5 Å². The third-order valence-electron chi connectivity index (χ3n) is 7.04. The predicted molar refractivity (Wildman–Crippen MR) is 117 cm³/mol. The Labute approximate surface area is 189 Å². The lowest BCUT2D eigenvalue weighted by molar-refractivity contribution is -0.269. The van der Waals surface area contributed by atoms with E-state index in [-0.39, 0.29) is 29.4 Å². The molecule has 30 heavy (non-hydrogen) atoms. The minimum Gasteiger partial charge on any atom is -0.504 e. The maximum absolute atomic E-state index is 13.1. The van der Waals surface area contributed by atoms with Gasteiger partial charge >= 0.3 is 0 Å². The average Bonchev–Trinajstić information content (AvgIpc) is 3.19. The van der Waals surface area contributed by atoms with Gasteiger partial charge in [0.1, 0.15) is 0 Å². The van der Waals surface area contributed by atoms with E-state index >= 15 is 0 Å². The van der Waals surface area contributed by atoms with Gasteiger partial charge in [-0.3, -0.25) is 14.5 Å². The van der Waals surface area contributed by atoms with E-state index in [1.54, 1.807) is 6.07 Å². The number of aromatic hydroxyl groups is 1. The number of methoxy groups -OCH3 is 1. The molecular weight excluding hydrogens is 501 g/mol. The number of aliphatic hydroxyl groups is 1. The average molecular weight is 529 g/mol. The standard InChI is InChI=1S/C22H28INO6/c1-4-6-24-20(26)13-9-12(5-2)22(28)14(18(13)21(24)27)10-16(30-22)11-7-15(23)19(25)17(8-11)29-3/h7-8,12-14,16,18,25,28H,4-6,9-10H2,1-3H3/t12-,13-,14-,16-,18-,22+/m0/s1. The summed E-state index contributed by atoms with van der Waals surface area (Å²) in [7, 11) is 1.49. The van der Waals surface area contributed by atoms with Crippen LogP contribution in [0.15, 0.2) is 12.1 Å². The predicted octanol–water partition coefficient (Wildman–Crippen LogP) is 3.21. The van der Waals surface area contributed by atoms with Crippen LogP contribution in [0.5, 0.6) is 11.5 Å². The Bertz CT molecular complexity index is 875. The third kappa shape index (κ3) is 3.14. The number of halogens is 1. The number of carbonyl (C=O) groups excluding carboxylic acids is 2. The summed E-state index contributed by atoms with van der Waals surface area (Å²) >= 11 is 2.03. The van der Waals surface area contributed by atoms with Crippen LogP contribution in [0.25, 0.3) is 0 Å². The molecule has 2 amide bonds. The van der Waals surface area contributed by atoms with Crippen molar-refractivity contribution in [3.8, 4) is 11.5 Å². The van der Waals surface area contributed by atoms with Crippen LogP contribution in [-0.2, 0) is 14.3 Å². The lowest BCUT2D eigenvalue weighted by atomic mass is 9.64. The van der Waals surface area contributed by atoms with Crippen LogP contribution in [0.4, 0.5) is 0 Å². The lowest BCUT2D eigenvalue weighted by Crippen LogP contribution is -2.53. The van der Waals surface area contributed by atoms with Gasteiger partial charge in [0, 0.05) is 18.4 Å². The Morgan fingerprint density at radius 1 is 1.27 bits per heavy atom. The monoisotopic (exact) mass is 529 g/mol. The zero-order chi connectivity index (χ0) is 21.8. The first kappa shape index (κ1) is 21.8. The second kappa shape index (κ2) is 7.94. The van der Waals surface area contributed by atoms with E-state index < -0.39 is 23.7 Å². The number of nitrogens with zero attached hydrogens (tertiary/aromatic N) is 1. The molecule has 3 aliphatic rings. The van der Waals surface area contributed by atoms with Crippen molar-refractivity contribution in [3.63, 3.8) is 0 Å². The molecule has 0 aromatic heterocycles. The minimum absolute atomic E-state index is 0.0641. The number of imide groups is 1. The van der Waals surface area contributed by atoms with Crippen molar-refractivity contribution < 1.29 is 29.3 Å². The molecule has 0 spiro atoms. The zero-order valence-corrected chi connectivity index (χ0v) is 19.6. The first-order chi connectivity index (χ1) is 14.3. The molecule has 8 heteroatoms. The number of likely N-dealkylation sites (tertiary alicyclic amines) is 1. The molecule has 2 N–H and O–H groups in total. The molecule has 4 rings (SSSR count). The number of fused-ring (bicyclic) bond motifs is 3. The molecule has 1 aliphatic carbocycles. The van der Waals surface area contributed by atoms with Gasteiger partial charge in [0.15, 0.2) is 17.3 Å². The summed E-state index contributed by atoms with van der Waals surface area (Å²) in [5.41, 5.74) is 0.783. The number of phenols is 1. The molecule has 1 saturated carbocycles. The van der Waals surface area contributed by atoms with Crippen molar-refractivity contribution in [1.29, 1.82) is 0 Å². The molecule has 0 bridgehead atoms. The highest BCUT2D eigenvalue weighted by molar-refractivity contribution is 14.1. The van der Waals surface area contributed by atoms with Crippen molar-refractivity contribution >= 4 is 34.4 Å². The molecule has 3 fully saturated rings. The Balaban J connectivity index is 1.71. The summed E-state index contributed by atoms with van der Waals surface area (Å²) in [5.74, 6) is -2.90. The van der Waals surface area contributed by atoms with Crippen molar-refractivity contribution in [1.82, 2.24) is 4.90 Å². The van der Waals surface area contributed by atoms with E-state index in [2.05, 4.69) is 0 Å². The van der Waals surface area contributed by atoms with Crippen LogP contribution >= 0.6 is 22.6 Å². The summed E-state index contributed by atoms with van der Waals surface area (Å²) in [4.78, 5) is 27.5. The maximum atomic E-state index is 13.1. The second-order valence-corrected chi connectivity index (χ2v) is 9.72. The maximum Gasteiger partial charge on any atom is 0.233 e. The van der Waals surface area contributed by atoms with Crippen LogP contribution in [0.3, 0.4) is 0 Å². The molecule has 2 saturated heterocycles. The van der Waals surface area contributed by atoms with Crippen LogP contribution in [-0.4, -0.2) is 46.4 Å². The number of hydrogen-bond acceptors (Lipinski definition) is 6. The van der Waals surface area contributed by atoms with Crippen LogP contribution in [0.2, 0.25) is 0 Å². The zero-order valence-electron chi connectivity index (χ0n) is 17.4. The summed E-state index contributed by atoms with van der Waals surface area (Å²) in [6.45, 7) is 4.35. The van der Waals surface area contributed by atoms with E-state index in [0.717, 1.165) is 5.56 Å². The van der Waals surface area contributed by atoms with Gasteiger partial charge in [-0.15, -0.1) is 0 Å². The number of carbonyl (C=O) groups is 2. The summed E-state index contributed by atoms with van der Waals surface area (Å²) in [6.07, 6.45) is 1.83. The fraction of sp³-hybridized carbons (Fsp3) is 0.636. The van der Waals surface area contributed by atoms with E-state index in [0.29, 0.717) is 41.5 Å². The first-order valence-electron chi connectivity index (χ1n) is 10.6. The number of phenolic OH excluding ortho intramolecular Hbond substituents is 1. The van der Waals surface area contributed by atoms with E-state index in [1.165, 1.54) is 12.0 Å². The quantitative estimate of drug-likeness (QED) is 0.450. The largest absolute Gasteiger partial charge is 0.504 e. The summed E-state index contributed by atoms with van der Waals surface area (Å²) in [6, 6.07) is 3.53. The molecule has 164 valence electrons. The Hall–Kier alpha value is -1.39. The number of ether oxygens (including phenoxy) is 2. The van der Waals surface area contributed by atoms with Gasteiger partial charge in [-0.25, -0.2) is 0 Å². The van der Waals surface area contributed by atoms with Gasteiger partial charge in [0.2, 0.25) is 11.8 Å².